The number of rotatable bonds is 2. The van der Waals surface area contributed by atoms with E-state index in [1.165, 1.54) is 12.0 Å². The third-order valence-corrected chi connectivity index (χ3v) is 4.46. The van der Waals surface area contributed by atoms with Gasteiger partial charge in [-0.25, -0.2) is 9.97 Å². The summed E-state index contributed by atoms with van der Waals surface area (Å²) >= 11 is 1.79. The zero-order valence-electron chi connectivity index (χ0n) is 10.2. The standard InChI is InChI=1S/C12H19N3S/c1-7-8(2)14-12(15-9(7)3)16-11-5-4-10(13)6-11/h10-11H,4-6,13H2,1-3H3. The molecule has 0 radical (unpaired) electrons. The fourth-order valence-electron chi connectivity index (χ4n) is 2.02. The van der Waals surface area contributed by atoms with Crippen LogP contribution in [-0.4, -0.2) is 21.3 Å². The SMILES string of the molecule is Cc1nc(SC2CCC(N)C2)nc(C)c1C. The molecule has 88 valence electrons. The van der Waals surface area contributed by atoms with Crippen LogP contribution in [0.1, 0.15) is 36.2 Å². The van der Waals surface area contributed by atoms with Gasteiger partial charge in [0.05, 0.1) is 0 Å². The Morgan fingerprint density at radius 1 is 1.12 bits per heavy atom. The Kier molecular flexibility index (Phi) is 3.50. The molecule has 2 rings (SSSR count). The molecule has 4 heteroatoms. The summed E-state index contributed by atoms with van der Waals surface area (Å²) in [6.45, 7) is 6.17. The summed E-state index contributed by atoms with van der Waals surface area (Å²) in [6, 6.07) is 0.380. The Balaban J connectivity index is 2.10. The lowest BCUT2D eigenvalue weighted by atomic mass is 10.2. The molecule has 0 bridgehead atoms. The van der Waals surface area contributed by atoms with Crippen LogP contribution < -0.4 is 5.73 Å². The van der Waals surface area contributed by atoms with Crippen molar-refractivity contribution in [2.45, 2.75) is 56.5 Å². The van der Waals surface area contributed by atoms with Crippen LogP contribution in [0, 0.1) is 20.8 Å². The summed E-state index contributed by atoms with van der Waals surface area (Å²) < 4.78 is 0. The molecule has 1 heterocycles. The predicted octanol–water partition coefficient (Wildman–Crippen LogP) is 2.37. The Bertz CT molecular complexity index is 369. The first-order valence-corrected chi connectivity index (χ1v) is 6.68. The molecule has 0 aliphatic heterocycles. The first-order chi connectivity index (χ1) is 7.56. The van der Waals surface area contributed by atoms with Crippen LogP contribution in [0.15, 0.2) is 5.16 Å². The Morgan fingerprint density at radius 2 is 1.75 bits per heavy atom. The molecule has 1 aliphatic rings. The number of aryl methyl sites for hydroxylation is 2. The quantitative estimate of drug-likeness (QED) is 0.802. The van der Waals surface area contributed by atoms with Crippen LogP contribution >= 0.6 is 11.8 Å². The van der Waals surface area contributed by atoms with Crippen LogP contribution in [0.25, 0.3) is 0 Å². The van der Waals surface area contributed by atoms with E-state index in [1.807, 2.05) is 0 Å². The maximum Gasteiger partial charge on any atom is 0.188 e. The third-order valence-electron chi connectivity index (χ3n) is 3.31. The van der Waals surface area contributed by atoms with E-state index in [0.717, 1.165) is 29.4 Å². The molecule has 1 fully saturated rings. The zero-order chi connectivity index (χ0) is 11.7. The minimum Gasteiger partial charge on any atom is -0.328 e. The Labute approximate surface area is 101 Å². The average Bonchev–Trinajstić information content (AvgIpc) is 2.60. The van der Waals surface area contributed by atoms with Gasteiger partial charge in [0.15, 0.2) is 5.16 Å². The molecule has 2 unspecified atom stereocenters. The summed E-state index contributed by atoms with van der Waals surface area (Å²) in [4.78, 5) is 9.07. The highest BCUT2D eigenvalue weighted by Gasteiger charge is 2.23. The van der Waals surface area contributed by atoms with Crippen molar-refractivity contribution >= 4 is 11.8 Å². The lowest BCUT2D eigenvalue weighted by Gasteiger charge is -2.10. The fourth-order valence-corrected chi connectivity index (χ4v) is 3.30. The molecular formula is C12H19N3S. The van der Waals surface area contributed by atoms with Gasteiger partial charge in [0.2, 0.25) is 0 Å². The van der Waals surface area contributed by atoms with Gasteiger partial charge < -0.3 is 5.73 Å². The molecule has 1 saturated carbocycles. The van der Waals surface area contributed by atoms with Crippen molar-refractivity contribution in [2.24, 2.45) is 5.73 Å². The van der Waals surface area contributed by atoms with Gasteiger partial charge in [0, 0.05) is 22.7 Å². The normalized spacial score (nSPS) is 25.0. The van der Waals surface area contributed by atoms with Crippen LogP contribution in [0.4, 0.5) is 0 Å². The molecule has 0 spiro atoms. The van der Waals surface area contributed by atoms with E-state index in [0.29, 0.717) is 11.3 Å². The molecule has 1 aromatic heterocycles. The lowest BCUT2D eigenvalue weighted by Crippen LogP contribution is -2.15. The first-order valence-electron chi connectivity index (χ1n) is 5.80. The van der Waals surface area contributed by atoms with Crippen molar-refractivity contribution in [1.29, 1.82) is 0 Å². The second-order valence-electron chi connectivity index (χ2n) is 4.61. The summed E-state index contributed by atoms with van der Waals surface area (Å²) in [6.07, 6.45) is 3.43. The van der Waals surface area contributed by atoms with E-state index in [1.54, 1.807) is 11.8 Å². The van der Waals surface area contributed by atoms with Gasteiger partial charge in [0.1, 0.15) is 0 Å². The summed E-state index contributed by atoms with van der Waals surface area (Å²) in [7, 11) is 0. The van der Waals surface area contributed by atoms with Gasteiger partial charge in [0.25, 0.3) is 0 Å². The molecule has 0 amide bonds. The van der Waals surface area contributed by atoms with Gasteiger partial charge in [-0.2, -0.15) is 0 Å². The monoisotopic (exact) mass is 237 g/mol. The van der Waals surface area contributed by atoms with Crippen molar-refractivity contribution in [1.82, 2.24) is 9.97 Å². The molecule has 1 aliphatic carbocycles. The summed E-state index contributed by atoms with van der Waals surface area (Å²) in [5, 5.41) is 1.52. The zero-order valence-corrected chi connectivity index (χ0v) is 11.0. The minimum atomic E-state index is 0.380. The summed E-state index contributed by atoms with van der Waals surface area (Å²) in [5.41, 5.74) is 9.30. The fraction of sp³-hybridized carbons (Fsp3) is 0.667. The van der Waals surface area contributed by atoms with Gasteiger partial charge in [-0.15, -0.1) is 0 Å². The molecule has 3 nitrogen and oxygen atoms in total. The third kappa shape index (κ3) is 2.55. The topological polar surface area (TPSA) is 51.8 Å². The number of nitrogens with two attached hydrogens (primary N) is 1. The molecule has 0 saturated heterocycles. The van der Waals surface area contributed by atoms with Crippen molar-refractivity contribution in [3.05, 3.63) is 17.0 Å². The number of hydrogen-bond acceptors (Lipinski definition) is 4. The van der Waals surface area contributed by atoms with E-state index in [-0.39, 0.29) is 0 Å². The molecular weight excluding hydrogens is 218 g/mol. The van der Waals surface area contributed by atoms with Crippen molar-refractivity contribution in [2.75, 3.05) is 0 Å². The van der Waals surface area contributed by atoms with Gasteiger partial charge in [-0.3, -0.25) is 0 Å². The number of aromatic nitrogens is 2. The van der Waals surface area contributed by atoms with Gasteiger partial charge in [-0.1, -0.05) is 11.8 Å². The number of hydrogen-bond donors (Lipinski definition) is 1. The molecule has 2 N–H and O–H groups in total. The van der Waals surface area contributed by atoms with E-state index in [2.05, 4.69) is 30.7 Å². The highest BCUT2D eigenvalue weighted by atomic mass is 32.2. The second kappa shape index (κ2) is 4.72. The molecule has 16 heavy (non-hydrogen) atoms. The van der Waals surface area contributed by atoms with Crippen LogP contribution in [0.2, 0.25) is 0 Å². The van der Waals surface area contributed by atoms with Gasteiger partial charge >= 0.3 is 0 Å². The van der Waals surface area contributed by atoms with Crippen molar-refractivity contribution in [3.8, 4) is 0 Å². The molecule has 0 aromatic carbocycles. The van der Waals surface area contributed by atoms with E-state index >= 15 is 0 Å². The maximum atomic E-state index is 5.91. The first kappa shape index (κ1) is 11.9. The van der Waals surface area contributed by atoms with Crippen molar-refractivity contribution < 1.29 is 0 Å². The maximum absolute atomic E-state index is 5.91. The van der Waals surface area contributed by atoms with E-state index in [4.69, 9.17) is 5.73 Å². The second-order valence-corrected chi connectivity index (χ2v) is 5.88. The van der Waals surface area contributed by atoms with E-state index in [9.17, 15) is 0 Å². The van der Waals surface area contributed by atoms with E-state index < -0.39 is 0 Å². The smallest absolute Gasteiger partial charge is 0.188 e. The van der Waals surface area contributed by atoms with Crippen LogP contribution in [0.5, 0.6) is 0 Å². The Morgan fingerprint density at radius 3 is 2.25 bits per heavy atom. The highest BCUT2D eigenvalue weighted by Crippen LogP contribution is 2.32. The van der Waals surface area contributed by atoms with Gasteiger partial charge in [-0.05, 0) is 45.6 Å². The largest absolute Gasteiger partial charge is 0.328 e. The Hall–Kier alpha value is -0.610. The molecule has 1 aromatic rings. The summed E-state index contributed by atoms with van der Waals surface area (Å²) in [5.74, 6) is 0. The highest BCUT2D eigenvalue weighted by molar-refractivity contribution is 7.99. The number of thioether (sulfide) groups is 1. The minimum absolute atomic E-state index is 0.380. The average molecular weight is 237 g/mol. The number of nitrogens with zero attached hydrogens (tertiary/aromatic N) is 2. The lowest BCUT2D eigenvalue weighted by molar-refractivity contribution is 0.705. The molecule has 2 atom stereocenters. The van der Waals surface area contributed by atoms with Crippen LogP contribution in [-0.2, 0) is 0 Å². The van der Waals surface area contributed by atoms with Crippen molar-refractivity contribution in [3.63, 3.8) is 0 Å². The van der Waals surface area contributed by atoms with Crippen LogP contribution in [0.3, 0.4) is 0 Å². The predicted molar refractivity (Wildman–Crippen MR) is 67.7 cm³/mol.